The van der Waals surface area contributed by atoms with Crippen molar-refractivity contribution in [1.29, 1.82) is 0 Å². The van der Waals surface area contributed by atoms with Gasteiger partial charge in [0.2, 0.25) is 0 Å². The van der Waals surface area contributed by atoms with E-state index in [1.807, 2.05) is 6.92 Å². The van der Waals surface area contributed by atoms with Crippen LogP contribution in [0.1, 0.15) is 32.6 Å². The average molecular weight is 365 g/mol. The highest BCUT2D eigenvalue weighted by molar-refractivity contribution is 14.1. The Morgan fingerprint density at radius 1 is 1.39 bits per heavy atom. The van der Waals surface area contributed by atoms with Crippen LogP contribution >= 0.6 is 22.6 Å². The van der Waals surface area contributed by atoms with E-state index in [0.717, 1.165) is 43.2 Å². The number of nitrogens with one attached hydrogen (secondary N) is 1. The van der Waals surface area contributed by atoms with Crippen LogP contribution in [0.3, 0.4) is 0 Å². The third-order valence-electron chi connectivity index (χ3n) is 4.85. The molecule has 4 rings (SSSR count). The number of ether oxygens (including phenoxy) is 2. The molecule has 0 unspecified atom stereocenters. The van der Waals surface area contributed by atoms with Crippen LogP contribution in [0.5, 0.6) is 0 Å². The molecule has 4 aliphatic rings. The molecule has 1 aliphatic carbocycles. The van der Waals surface area contributed by atoms with Gasteiger partial charge in [-0.3, -0.25) is 4.79 Å². The molecular formula is C13H20INO3. The molecule has 0 radical (unpaired) electrons. The zero-order valence-corrected chi connectivity index (χ0v) is 12.9. The third-order valence-corrected chi connectivity index (χ3v) is 6.24. The summed E-state index contributed by atoms with van der Waals surface area (Å²) in [4.78, 5) is 12.4. The van der Waals surface area contributed by atoms with E-state index in [-0.39, 0.29) is 22.6 Å². The number of hydrogen-bond acceptors (Lipinski definition) is 4. The number of esters is 1. The van der Waals surface area contributed by atoms with Crippen LogP contribution in [0, 0.1) is 5.41 Å². The van der Waals surface area contributed by atoms with Crippen LogP contribution < -0.4 is 5.32 Å². The fourth-order valence-electron chi connectivity index (χ4n) is 4.09. The second-order valence-corrected chi connectivity index (χ2v) is 6.58. The first-order valence-corrected chi connectivity index (χ1v) is 8.29. The Morgan fingerprint density at radius 3 is 2.61 bits per heavy atom. The van der Waals surface area contributed by atoms with E-state index >= 15 is 0 Å². The van der Waals surface area contributed by atoms with Crippen molar-refractivity contribution in [3.63, 3.8) is 0 Å². The summed E-state index contributed by atoms with van der Waals surface area (Å²) >= 11 is 2.38. The van der Waals surface area contributed by atoms with Crippen molar-refractivity contribution in [2.75, 3.05) is 24.1 Å². The van der Waals surface area contributed by atoms with Gasteiger partial charge in [0.05, 0.1) is 17.8 Å². The molecule has 1 saturated carbocycles. The van der Waals surface area contributed by atoms with Gasteiger partial charge in [0.25, 0.3) is 0 Å². The standard InChI is InChI=1S/C13H20INO3/c1-2-17-10(16)12-7-11(8-12,9-14)18-13(12)3-5-15-6-4-13/h15H,2-9H2,1H3. The fraction of sp³-hybridized carbons (Fsp3) is 0.923. The van der Waals surface area contributed by atoms with Crippen molar-refractivity contribution >= 4 is 28.6 Å². The molecule has 1 N–H and O–H groups in total. The van der Waals surface area contributed by atoms with Gasteiger partial charge in [-0.1, -0.05) is 22.6 Å². The van der Waals surface area contributed by atoms with Crippen molar-refractivity contribution in [1.82, 2.24) is 5.32 Å². The first-order chi connectivity index (χ1) is 8.62. The smallest absolute Gasteiger partial charge is 0.315 e. The van der Waals surface area contributed by atoms with Gasteiger partial charge in [0.1, 0.15) is 5.41 Å². The Hall–Kier alpha value is 0.120. The van der Waals surface area contributed by atoms with E-state index in [2.05, 4.69) is 27.9 Å². The van der Waals surface area contributed by atoms with Gasteiger partial charge in [0, 0.05) is 4.43 Å². The zero-order valence-electron chi connectivity index (χ0n) is 10.8. The number of halogens is 1. The second-order valence-electron chi connectivity index (χ2n) is 5.82. The van der Waals surface area contributed by atoms with Crippen molar-refractivity contribution in [3.05, 3.63) is 0 Å². The minimum absolute atomic E-state index is 0.0233. The van der Waals surface area contributed by atoms with Crippen LogP contribution in [0.2, 0.25) is 0 Å². The van der Waals surface area contributed by atoms with Crippen LogP contribution in [0.15, 0.2) is 0 Å². The zero-order chi connectivity index (χ0) is 12.9. The van der Waals surface area contributed by atoms with Gasteiger partial charge in [-0.2, -0.15) is 0 Å². The first-order valence-electron chi connectivity index (χ1n) is 6.76. The maximum absolute atomic E-state index is 12.4. The van der Waals surface area contributed by atoms with Gasteiger partial charge >= 0.3 is 5.97 Å². The predicted octanol–water partition coefficient (Wildman–Crippen LogP) is 1.66. The van der Waals surface area contributed by atoms with Gasteiger partial charge < -0.3 is 14.8 Å². The first kappa shape index (κ1) is 13.1. The Balaban J connectivity index is 1.90. The minimum atomic E-state index is -0.351. The topological polar surface area (TPSA) is 47.6 Å². The molecule has 0 aromatic rings. The van der Waals surface area contributed by atoms with Gasteiger partial charge in [0.15, 0.2) is 0 Å². The summed E-state index contributed by atoms with van der Waals surface area (Å²) in [7, 11) is 0. The van der Waals surface area contributed by atoms with Crippen LogP contribution in [0.25, 0.3) is 0 Å². The summed E-state index contributed by atoms with van der Waals surface area (Å²) in [5.74, 6) is -0.0233. The third kappa shape index (κ3) is 1.53. The molecule has 3 aliphatic heterocycles. The molecule has 0 atom stereocenters. The Labute approximate surface area is 121 Å². The molecule has 0 amide bonds. The second kappa shape index (κ2) is 4.31. The molecular weight excluding hydrogens is 345 g/mol. The van der Waals surface area contributed by atoms with Crippen molar-refractivity contribution < 1.29 is 14.3 Å². The van der Waals surface area contributed by atoms with E-state index in [9.17, 15) is 4.79 Å². The largest absolute Gasteiger partial charge is 0.465 e. The number of piperidine rings is 1. The molecule has 102 valence electrons. The lowest BCUT2D eigenvalue weighted by Crippen LogP contribution is -2.58. The molecule has 3 heterocycles. The molecule has 0 aromatic heterocycles. The van der Waals surface area contributed by atoms with E-state index < -0.39 is 0 Å². The normalized spacial score (nSPS) is 40.6. The number of rotatable bonds is 3. The maximum Gasteiger partial charge on any atom is 0.315 e. The lowest BCUT2D eigenvalue weighted by Gasteiger charge is -2.46. The Morgan fingerprint density at radius 2 is 2.06 bits per heavy atom. The number of hydrogen-bond donors (Lipinski definition) is 1. The molecule has 4 nitrogen and oxygen atoms in total. The average Bonchev–Trinajstić information content (AvgIpc) is 2.75. The van der Waals surface area contributed by atoms with Gasteiger partial charge in [-0.25, -0.2) is 0 Å². The van der Waals surface area contributed by atoms with Crippen LogP contribution in [-0.2, 0) is 14.3 Å². The molecule has 1 spiro atoms. The Kier molecular flexibility index (Phi) is 3.14. The van der Waals surface area contributed by atoms with E-state index in [0.29, 0.717) is 6.61 Å². The maximum atomic E-state index is 12.4. The summed E-state index contributed by atoms with van der Waals surface area (Å²) in [5.41, 5.74) is -0.656. The number of carbonyl (C=O) groups is 1. The lowest BCUT2D eigenvalue weighted by molar-refractivity contribution is -0.166. The highest BCUT2D eigenvalue weighted by atomic mass is 127. The highest BCUT2D eigenvalue weighted by Gasteiger charge is 2.78. The molecule has 5 heteroatoms. The summed E-state index contributed by atoms with van der Waals surface area (Å²) in [6, 6.07) is 0. The van der Waals surface area contributed by atoms with Crippen LogP contribution in [0.4, 0.5) is 0 Å². The van der Waals surface area contributed by atoms with E-state index in [1.54, 1.807) is 0 Å². The molecule has 2 bridgehead atoms. The lowest BCUT2D eigenvalue weighted by atomic mass is 9.54. The summed E-state index contributed by atoms with van der Waals surface area (Å²) in [5, 5.41) is 3.36. The van der Waals surface area contributed by atoms with Gasteiger partial charge in [-0.15, -0.1) is 0 Å². The molecule has 4 fully saturated rings. The summed E-state index contributed by atoms with van der Waals surface area (Å²) < 4.78 is 12.7. The summed E-state index contributed by atoms with van der Waals surface area (Å²) in [6.07, 6.45) is 3.60. The highest BCUT2D eigenvalue weighted by Crippen LogP contribution is 2.69. The minimum Gasteiger partial charge on any atom is -0.465 e. The SMILES string of the molecule is CCOC(=O)C12CC(CI)(C1)OC21CCNCC1. The van der Waals surface area contributed by atoms with Crippen molar-refractivity contribution in [2.24, 2.45) is 5.41 Å². The quantitative estimate of drug-likeness (QED) is 0.470. The van der Waals surface area contributed by atoms with E-state index in [1.165, 1.54) is 0 Å². The predicted molar refractivity (Wildman–Crippen MR) is 75.8 cm³/mol. The van der Waals surface area contributed by atoms with Crippen molar-refractivity contribution in [2.45, 2.75) is 43.8 Å². The molecule has 0 aromatic carbocycles. The van der Waals surface area contributed by atoms with Gasteiger partial charge in [-0.05, 0) is 45.7 Å². The molecule has 18 heavy (non-hydrogen) atoms. The van der Waals surface area contributed by atoms with E-state index in [4.69, 9.17) is 9.47 Å². The van der Waals surface area contributed by atoms with Crippen molar-refractivity contribution in [3.8, 4) is 0 Å². The number of carbonyl (C=O) groups excluding carboxylic acids is 1. The summed E-state index contributed by atoms with van der Waals surface area (Å²) in [6.45, 7) is 4.23. The van der Waals surface area contributed by atoms with Crippen LogP contribution in [-0.4, -0.2) is 41.3 Å². The molecule has 3 saturated heterocycles. The number of alkyl halides is 1. The monoisotopic (exact) mass is 365 g/mol. The Bertz CT molecular complexity index is 359. The fourth-order valence-corrected chi connectivity index (χ4v) is 4.78.